The zero-order valence-corrected chi connectivity index (χ0v) is 11.0. The van der Waals surface area contributed by atoms with Gasteiger partial charge in [-0.15, -0.1) is 0 Å². The second kappa shape index (κ2) is 6.45. The molecule has 94 valence electrons. The molecule has 0 aliphatic carbocycles. The number of hydrogen-bond acceptors (Lipinski definition) is 3. The zero-order chi connectivity index (χ0) is 13.7. The standard InChI is InChI=1S/C10H6Cl3N3O2/c11-5-3-7(13)8(4-6(5)12)16-10(18)9(17)15-2-1-14/h3-4H,2H2,(H,15,17)(H,16,18). The van der Waals surface area contributed by atoms with Crippen molar-refractivity contribution in [2.24, 2.45) is 0 Å². The number of nitriles is 1. The van der Waals surface area contributed by atoms with Crippen LogP contribution in [-0.4, -0.2) is 18.4 Å². The summed E-state index contributed by atoms with van der Waals surface area (Å²) in [6.07, 6.45) is 0. The highest BCUT2D eigenvalue weighted by molar-refractivity contribution is 6.45. The first-order chi connectivity index (χ1) is 8.45. The van der Waals surface area contributed by atoms with Gasteiger partial charge in [0.1, 0.15) is 6.54 Å². The molecule has 0 aliphatic heterocycles. The molecule has 0 atom stereocenters. The Morgan fingerprint density at radius 1 is 1.11 bits per heavy atom. The number of hydrogen-bond donors (Lipinski definition) is 2. The average Bonchev–Trinajstić information content (AvgIpc) is 2.32. The molecule has 5 nitrogen and oxygen atoms in total. The van der Waals surface area contributed by atoms with Gasteiger partial charge in [-0.2, -0.15) is 5.26 Å². The van der Waals surface area contributed by atoms with E-state index in [0.717, 1.165) is 0 Å². The molecule has 0 aliphatic rings. The molecule has 1 rings (SSSR count). The lowest BCUT2D eigenvalue weighted by molar-refractivity contribution is -0.136. The number of nitrogens with one attached hydrogen (secondary N) is 2. The third kappa shape index (κ3) is 3.77. The monoisotopic (exact) mass is 305 g/mol. The number of carbonyl (C=O) groups excluding carboxylic acids is 2. The topological polar surface area (TPSA) is 82.0 Å². The van der Waals surface area contributed by atoms with Gasteiger partial charge in [-0.3, -0.25) is 9.59 Å². The van der Waals surface area contributed by atoms with Crippen molar-refractivity contribution in [3.05, 3.63) is 27.2 Å². The summed E-state index contributed by atoms with van der Waals surface area (Å²) in [5, 5.41) is 13.1. The number of carbonyl (C=O) groups is 2. The van der Waals surface area contributed by atoms with Crippen molar-refractivity contribution in [2.75, 3.05) is 11.9 Å². The molecule has 0 saturated heterocycles. The lowest BCUT2D eigenvalue weighted by atomic mass is 10.3. The first-order valence-corrected chi connectivity index (χ1v) is 5.69. The smallest absolute Gasteiger partial charge is 0.313 e. The normalized spacial score (nSPS) is 9.44. The predicted molar refractivity (Wildman–Crippen MR) is 68.7 cm³/mol. The highest BCUT2D eigenvalue weighted by Crippen LogP contribution is 2.32. The van der Waals surface area contributed by atoms with Crippen molar-refractivity contribution in [2.45, 2.75) is 0 Å². The van der Waals surface area contributed by atoms with E-state index in [9.17, 15) is 9.59 Å². The molecule has 0 radical (unpaired) electrons. The SMILES string of the molecule is N#CCNC(=O)C(=O)Nc1cc(Cl)c(Cl)cc1Cl. The summed E-state index contributed by atoms with van der Waals surface area (Å²) in [6.45, 7) is -0.263. The van der Waals surface area contributed by atoms with E-state index < -0.39 is 11.8 Å². The van der Waals surface area contributed by atoms with Crippen LogP contribution in [0.5, 0.6) is 0 Å². The van der Waals surface area contributed by atoms with Crippen LogP contribution >= 0.6 is 34.8 Å². The molecule has 18 heavy (non-hydrogen) atoms. The van der Waals surface area contributed by atoms with Gasteiger partial charge >= 0.3 is 11.8 Å². The number of amides is 2. The second-order valence-corrected chi connectivity index (χ2v) is 4.26. The summed E-state index contributed by atoms with van der Waals surface area (Å²) < 4.78 is 0. The molecule has 2 N–H and O–H groups in total. The minimum atomic E-state index is -0.953. The van der Waals surface area contributed by atoms with E-state index in [-0.39, 0.29) is 27.3 Å². The molecule has 8 heteroatoms. The molecule has 1 aromatic rings. The summed E-state index contributed by atoms with van der Waals surface area (Å²) in [4.78, 5) is 22.6. The van der Waals surface area contributed by atoms with E-state index in [2.05, 4.69) is 10.6 Å². The molecule has 0 fully saturated rings. The zero-order valence-electron chi connectivity index (χ0n) is 8.76. The van der Waals surface area contributed by atoms with Gasteiger partial charge in [0, 0.05) is 0 Å². The number of nitrogens with zero attached hydrogens (tertiary/aromatic N) is 1. The van der Waals surface area contributed by atoms with Crippen molar-refractivity contribution in [3.8, 4) is 6.07 Å². The second-order valence-electron chi connectivity index (χ2n) is 3.04. The lowest BCUT2D eigenvalue weighted by Gasteiger charge is -2.08. The Balaban J connectivity index is 2.80. The highest BCUT2D eigenvalue weighted by Gasteiger charge is 2.15. The molecule has 0 spiro atoms. The van der Waals surface area contributed by atoms with E-state index in [1.807, 2.05) is 0 Å². The van der Waals surface area contributed by atoms with Crippen LogP contribution in [-0.2, 0) is 9.59 Å². The summed E-state index contributed by atoms with van der Waals surface area (Å²) in [6, 6.07) is 4.33. The van der Waals surface area contributed by atoms with Gasteiger partial charge in [0.2, 0.25) is 0 Å². The highest BCUT2D eigenvalue weighted by atomic mass is 35.5. The van der Waals surface area contributed by atoms with E-state index in [1.165, 1.54) is 12.1 Å². The van der Waals surface area contributed by atoms with Gasteiger partial charge in [0.25, 0.3) is 0 Å². The van der Waals surface area contributed by atoms with Gasteiger partial charge in [-0.1, -0.05) is 34.8 Å². The Bertz CT molecular complexity index is 540. The minimum absolute atomic E-state index is 0.144. The maximum atomic E-state index is 11.4. The largest absolute Gasteiger partial charge is 0.335 e. The summed E-state index contributed by atoms with van der Waals surface area (Å²) in [7, 11) is 0. The molecule has 1 aromatic carbocycles. The summed E-state index contributed by atoms with van der Waals surface area (Å²) in [5.74, 6) is -1.90. The van der Waals surface area contributed by atoms with Crippen molar-refractivity contribution in [1.82, 2.24) is 5.32 Å². The Labute approximate surface area is 118 Å². The van der Waals surface area contributed by atoms with Crippen molar-refractivity contribution < 1.29 is 9.59 Å². The molecular weight excluding hydrogens is 300 g/mol. The third-order valence-corrected chi connectivity index (χ3v) is 2.83. The molecule has 2 amide bonds. The average molecular weight is 307 g/mol. The van der Waals surface area contributed by atoms with Crippen molar-refractivity contribution in [3.63, 3.8) is 0 Å². The van der Waals surface area contributed by atoms with Crippen molar-refractivity contribution >= 4 is 52.3 Å². The van der Waals surface area contributed by atoms with E-state index >= 15 is 0 Å². The van der Waals surface area contributed by atoms with Crippen LogP contribution in [0.2, 0.25) is 15.1 Å². The summed E-state index contributed by atoms with van der Waals surface area (Å²) in [5.41, 5.74) is 0.156. The first-order valence-electron chi connectivity index (χ1n) is 4.56. The predicted octanol–water partition coefficient (Wildman–Crippen LogP) is 2.23. The molecule has 0 heterocycles. The van der Waals surface area contributed by atoms with Gasteiger partial charge in [-0.05, 0) is 12.1 Å². The van der Waals surface area contributed by atoms with Crippen LogP contribution in [0.1, 0.15) is 0 Å². The Kier molecular flexibility index (Phi) is 5.23. The maximum Gasteiger partial charge on any atom is 0.313 e. The van der Waals surface area contributed by atoms with Gasteiger partial charge in [0.05, 0.1) is 26.8 Å². The van der Waals surface area contributed by atoms with Crippen LogP contribution in [0.15, 0.2) is 12.1 Å². The molecule has 0 unspecified atom stereocenters. The van der Waals surface area contributed by atoms with E-state index in [4.69, 9.17) is 40.1 Å². The van der Waals surface area contributed by atoms with Crippen LogP contribution in [0.4, 0.5) is 5.69 Å². The number of rotatable bonds is 2. The van der Waals surface area contributed by atoms with Gasteiger partial charge in [0.15, 0.2) is 0 Å². The Morgan fingerprint density at radius 3 is 2.33 bits per heavy atom. The molecule has 0 bridgehead atoms. The fourth-order valence-electron chi connectivity index (χ4n) is 0.998. The van der Waals surface area contributed by atoms with E-state index in [0.29, 0.717) is 0 Å². The quantitative estimate of drug-likeness (QED) is 0.499. The Hall–Kier alpha value is -1.48. The van der Waals surface area contributed by atoms with Crippen LogP contribution in [0.3, 0.4) is 0 Å². The van der Waals surface area contributed by atoms with Crippen LogP contribution in [0, 0.1) is 11.3 Å². The van der Waals surface area contributed by atoms with Gasteiger partial charge < -0.3 is 10.6 Å². The Morgan fingerprint density at radius 2 is 1.72 bits per heavy atom. The molecule has 0 aromatic heterocycles. The van der Waals surface area contributed by atoms with Crippen LogP contribution in [0.25, 0.3) is 0 Å². The number of halogens is 3. The summed E-state index contributed by atoms with van der Waals surface area (Å²) >= 11 is 17.3. The molecule has 0 saturated carbocycles. The third-order valence-electron chi connectivity index (χ3n) is 1.79. The minimum Gasteiger partial charge on any atom is -0.335 e. The van der Waals surface area contributed by atoms with Gasteiger partial charge in [-0.25, -0.2) is 0 Å². The maximum absolute atomic E-state index is 11.4. The molecular formula is C10H6Cl3N3O2. The lowest BCUT2D eigenvalue weighted by Crippen LogP contribution is -2.35. The first kappa shape index (κ1) is 14.6. The number of anilines is 1. The van der Waals surface area contributed by atoms with Crippen molar-refractivity contribution in [1.29, 1.82) is 5.26 Å². The fraction of sp³-hybridized carbons (Fsp3) is 0.100. The fourth-order valence-corrected chi connectivity index (χ4v) is 1.59. The number of benzene rings is 1. The van der Waals surface area contributed by atoms with E-state index in [1.54, 1.807) is 6.07 Å². The van der Waals surface area contributed by atoms with Crippen LogP contribution < -0.4 is 10.6 Å².